The maximum absolute atomic E-state index is 13.3. The SMILES string of the molecule is NCCCc1cc(F)cc(Br)c1OC1CC1. The van der Waals surface area contributed by atoms with E-state index in [-0.39, 0.29) is 5.82 Å². The lowest BCUT2D eigenvalue weighted by molar-refractivity contribution is 0.297. The second kappa shape index (κ2) is 5.15. The molecule has 1 aliphatic carbocycles. The number of benzene rings is 1. The first-order chi connectivity index (χ1) is 7.70. The van der Waals surface area contributed by atoms with E-state index in [4.69, 9.17) is 10.5 Å². The maximum atomic E-state index is 13.3. The maximum Gasteiger partial charge on any atom is 0.137 e. The van der Waals surface area contributed by atoms with Crippen LogP contribution in [0.5, 0.6) is 5.75 Å². The van der Waals surface area contributed by atoms with Crippen LogP contribution in [0.4, 0.5) is 4.39 Å². The first-order valence-electron chi connectivity index (χ1n) is 5.55. The van der Waals surface area contributed by atoms with Crippen molar-refractivity contribution in [2.45, 2.75) is 31.8 Å². The highest BCUT2D eigenvalue weighted by Gasteiger charge is 2.25. The number of aryl methyl sites for hydroxylation is 1. The molecule has 0 saturated heterocycles. The highest BCUT2D eigenvalue weighted by Crippen LogP contribution is 2.36. The van der Waals surface area contributed by atoms with Crippen LogP contribution < -0.4 is 10.5 Å². The van der Waals surface area contributed by atoms with Gasteiger partial charge in [-0.15, -0.1) is 0 Å². The standard InChI is InChI=1S/C12H15BrFNO/c13-11-7-9(14)6-8(2-1-5-15)12(11)16-10-3-4-10/h6-7,10H,1-5,15H2. The van der Waals surface area contributed by atoms with E-state index < -0.39 is 0 Å². The van der Waals surface area contributed by atoms with Crippen molar-refractivity contribution < 1.29 is 9.13 Å². The van der Waals surface area contributed by atoms with Crippen LogP contribution in [0.3, 0.4) is 0 Å². The number of nitrogens with two attached hydrogens (primary N) is 1. The number of rotatable bonds is 5. The number of hydrogen-bond acceptors (Lipinski definition) is 2. The molecule has 0 aliphatic heterocycles. The van der Waals surface area contributed by atoms with E-state index >= 15 is 0 Å². The van der Waals surface area contributed by atoms with Gasteiger partial charge in [0.15, 0.2) is 0 Å². The zero-order valence-corrected chi connectivity index (χ0v) is 10.6. The smallest absolute Gasteiger partial charge is 0.137 e. The van der Waals surface area contributed by atoms with E-state index in [1.807, 2.05) is 0 Å². The van der Waals surface area contributed by atoms with Crippen LogP contribution in [0.25, 0.3) is 0 Å². The molecule has 0 radical (unpaired) electrons. The molecule has 1 aromatic rings. The van der Waals surface area contributed by atoms with Gasteiger partial charge in [-0.25, -0.2) is 4.39 Å². The minimum absolute atomic E-state index is 0.234. The van der Waals surface area contributed by atoms with Crippen LogP contribution >= 0.6 is 15.9 Å². The molecule has 1 saturated carbocycles. The minimum atomic E-state index is -0.234. The lowest BCUT2D eigenvalue weighted by atomic mass is 10.1. The van der Waals surface area contributed by atoms with E-state index in [1.54, 1.807) is 0 Å². The zero-order chi connectivity index (χ0) is 11.5. The summed E-state index contributed by atoms with van der Waals surface area (Å²) in [6.45, 7) is 0.608. The lowest BCUT2D eigenvalue weighted by Gasteiger charge is -2.13. The summed E-state index contributed by atoms with van der Waals surface area (Å²) in [6.07, 6.45) is 4.12. The van der Waals surface area contributed by atoms with Crippen LogP contribution in [-0.4, -0.2) is 12.6 Å². The van der Waals surface area contributed by atoms with Crippen molar-refractivity contribution in [1.29, 1.82) is 0 Å². The van der Waals surface area contributed by atoms with Gasteiger partial charge >= 0.3 is 0 Å². The van der Waals surface area contributed by atoms with Crippen molar-refractivity contribution in [3.8, 4) is 5.75 Å². The van der Waals surface area contributed by atoms with Gasteiger partial charge in [0, 0.05) is 0 Å². The fourth-order valence-electron chi connectivity index (χ4n) is 1.58. The van der Waals surface area contributed by atoms with Gasteiger partial charge in [0.25, 0.3) is 0 Å². The van der Waals surface area contributed by atoms with Crippen LogP contribution in [0, 0.1) is 5.82 Å². The van der Waals surface area contributed by atoms with Crippen molar-refractivity contribution in [2.24, 2.45) is 5.73 Å². The van der Waals surface area contributed by atoms with Gasteiger partial charge in [-0.3, -0.25) is 0 Å². The first-order valence-corrected chi connectivity index (χ1v) is 6.34. The third-order valence-corrected chi connectivity index (χ3v) is 3.13. The molecular formula is C12H15BrFNO. The van der Waals surface area contributed by atoms with Gasteiger partial charge in [-0.2, -0.15) is 0 Å². The Labute approximate surface area is 103 Å². The molecule has 2 N–H and O–H groups in total. The van der Waals surface area contributed by atoms with E-state index in [1.165, 1.54) is 12.1 Å². The summed E-state index contributed by atoms with van der Waals surface area (Å²) in [6, 6.07) is 2.99. The van der Waals surface area contributed by atoms with E-state index in [0.29, 0.717) is 17.1 Å². The van der Waals surface area contributed by atoms with Crippen molar-refractivity contribution in [3.63, 3.8) is 0 Å². The Morgan fingerprint density at radius 2 is 2.19 bits per heavy atom. The van der Waals surface area contributed by atoms with Crippen LogP contribution in [0.2, 0.25) is 0 Å². The van der Waals surface area contributed by atoms with Crippen molar-refractivity contribution in [2.75, 3.05) is 6.54 Å². The Hall–Kier alpha value is -0.610. The topological polar surface area (TPSA) is 35.2 Å². The van der Waals surface area contributed by atoms with Gasteiger partial charge in [0.05, 0.1) is 10.6 Å². The molecule has 0 unspecified atom stereocenters. The molecule has 0 amide bonds. The summed E-state index contributed by atoms with van der Waals surface area (Å²) >= 11 is 3.35. The summed E-state index contributed by atoms with van der Waals surface area (Å²) in [5.74, 6) is 0.555. The van der Waals surface area contributed by atoms with Gasteiger partial charge in [0.2, 0.25) is 0 Å². The zero-order valence-electron chi connectivity index (χ0n) is 9.01. The molecule has 16 heavy (non-hydrogen) atoms. The quantitative estimate of drug-likeness (QED) is 0.904. The van der Waals surface area contributed by atoms with E-state index in [9.17, 15) is 4.39 Å². The van der Waals surface area contributed by atoms with Crippen LogP contribution in [0.15, 0.2) is 16.6 Å². The highest BCUT2D eigenvalue weighted by atomic mass is 79.9. The van der Waals surface area contributed by atoms with Gasteiger partial charge in [-0.05, 0) is 65.9 Å². The Balaban J connectivity index is 2.22. The Kier molecular flexibility index (Phi) is 3.82. The third kappa shape index (κ3) is 2.95. The fourth-order valence-corrected chi connectivity index (χ4v) is 2.14. The lowest BCUT2D eigenvalue weighted by Crippen LogP contribution is -2.05. The minimum Gasteiger partial charge on any atom is -0.489 e. The molecule has 0 atom stereocenters. The summed E-state index contributed by atoms with van der Waals surface area (Å²) < 4.78 is 19.8. The first kappa shape index (κ1) is 11.9. The van der Waals surface area contributed by atoms with E-state index in [2.05, 4.69) is 15.9 Å². The van der Waals surface area contributed by atoms with Crippen molar-refractivity contribution in [1.82, 2.24) is 0 Å². The average Bonchev–Trinajstić information content (AvgIpc) is 3.03. The summed E-state index contributed by atoms with van der Waals surface area (Å²) in [4.78, 5) is 0. The van der Waals surface area contributed by atoms with Crippen LogP contribution in [0.1, 0.15) is 24.8 Å². The monoisotopic (exact) mass is 287 g/mol. The predicted octanol–water partition coefficient (Wildman–Crippen LogP) is 3.02. The fraction of sp³-hybridized carbons (Fsp3) is 0.500. The molecule has 1 fully saturated rings. The largest absolute Gasteiger partial charge is 0.489 e. The number of halogens is 2. The summed E-state index contributed by atoms with van der Waals surface area (Å²) in [7, 11) is 0. The van der Waals surface area contributed by atoms with Crippen LogP contribution in [-0.2, 0) is 6.42 Å². The molecule has 4 heteroatoms. The van der Waals surface area contributed by atoms with E-state index in [0.717, 1.165) is 37.0 Å². The molecule has 88 valence electrons. The molecule has 0 aromatic heterocycles. The second-order valence-corrected chi connectivity index (χ2v) is 4.94. The molecule has 2 nitrogen and oxygen atoms in total. The molecule has 0 heterocycles. The molecule has 2 rings (SSSR count). The van der Waals surface area contributed by atoms with Crippen molar-refractivity contribution in [3.05, 3.63) is 28.0 Å². The Morgan fingerprint density at radius 3 is 2.81 bits per heavy atom. The summed E-state index contributed by atoms with van der Waals surface area (Å²) in [5, 5.41) is 0. The number of hydrogen-bond donors (Lipinski definition) is 1. The molecule has 1 aliphatic rings. The molecule has 0 spiro atoms. The Morgan fingerprint density at radius 1 is 1.44 bits per heavy atom. The van der Waals surface area contributed by atoms with Gasteiger partial charge in [0.1, 0.15) is 11.6 Å². The van der Waals surface area contributed by atoms with Gasteiger partial charge in [-0.1, -0.05) is 0 Å². The van der Waals surface area contributed by atoms with Crippen molar-refractivity contribution >= 4 is 15.9 Å². The number of ether oxygens (including phenoxy) is 1. The molecular weight excluding hydrogens is 273 g/mol. The molecule has 0 bridgehead atoms. The second-order valence-electron chi connectivity index (χ2n) is 4.09. The third-order valence-electron chi connectivity index (χ3n) is 2.54. The summed E-state index contributed by atoms with van der Waals surface area (Å²) in [5.41, 5.74) is 6.38. The highest BCUT2D eigenvalue weighted by molar-refractivity contribution is 9.10. The predicted molar refractivity (Wildman–Crippen MR) is 65.1 cm³/mol. The molecule has 1 aromatic carbocycles. The normalized spacial score (nSPS) is 15.2. The van der Waals surface area contributed by atoms with Gasteiger partial charge < -0.3 is 10.5 Å². The average molecular weight is 288 g/mol. The Bertz CT molecular complexity index is 380.